The van der Waals surface area contributed by atoms with Crippen LogP contribution >= 0.6 is 0 Å². The fourth-order valence-electron chi connectivity index (χ4n) is 4.12. The Bertz CT molecular complexity index is 443. The zero-order valence-electron chi connectivity index (χ0n) is 12.7. The molecule has 2 nitrogen and oxygen atoms in total. The molecule has 0 radical (unpaired) electrons. The Morgan fingerprint density at radius 1 is 1.15 bits per heavy atom. The first-order valence-electron chi connectivity index (χ1n) is 8.40. The smallest absolute Gasteiger partial charge is 0.0417 e. The first-order valence-corrected chi connectivity index (χ1v) is 8.40. The molecule has 20 heavy (non-hydrogen) atoms. The van der Waals surface area contributed by atoms with Crippen LogP contribution in [0.15, 0.2) is 24.3 Å². The fourth-order valence-corrected chi connectivity index (χ4v) is 4.12. The molecule has 1 saturated carbocycles. The highest BCUT2D eigenvalue weighted by molar-refractivity contribution is 5.56. The third-order valence-corrected chi connectivity index (χ3v) is 5.33. The summed E-state index contributed by atoms with van der Waals surface area (Å²) in [7, 11) is 0. The van der Waals surface area contributed by atoms with Crippen molar-refractivity contribution in [3.8, 4) is 0 Å². The summed E-state index contributed by atoms with van der Waals surface area (Å²) < 4.78 is 0. The van der Waals surface area contributed by atoms with Gasteiger partial charge >= 0.3 is 0 Å². The number of hydrogen-bond donors (Lipinski definition) is 1. The highest BCUT2D eigenvalue weighted by Gasteiger charge is 2.29. The van der Waals surface area contributed by atoms with Gasteiger partial charge in [0.25, 0.3) is 0 Å². The zero-order valence-corrected chi connectivity index (χ0v) is 12.7. The molecule has 1 fully saturated rings. The van der Waals surface area contributed by atoms with E-state index in [2.05, 4.69) is 36.1 Å². The maximum absolute atomic E-state index is 6.36. The highest BCUT2D eigenvalue weighted by atomic mass is 15.2. The molecule has 2 N–H and O–H groups in total. The lowest BCUT2D eigenvalue weighted by Gasteiger charge is -2.39. The van der Waals surface area contributed by atoms with Gasteiger partial charge in [0, 0.05) is 24.3 Å². The van der Waals surface area contributed by atoms with Crippen molar-refractivity contribution in [1.82, 2.24) is 0 Å². The van der Waals surface area contributed by atoms with Crippen molar-refractivity contribution < 1.29 is 0 Å². The topological polar surface area (TPSA) is 29.3 Å². The molecule has 0 aromatic heterocycles. The van der Waals surface area contributed by atoms with Crippen LogP contribution in [0.5, 0.6) is 0 Å². The molecule has 1 aromatic rings. The molecule has 3 rings (SSSR count). The van der Waals surface area contributed by atoms with Crippen molar-refractivity contribution in [3.05, 3.63) is 29.8 Å². The lowest BCUT2D eigenvalue weighted by atomic mass is 9.83. The van der Waals surface area contributed by atoms with Gasteiger partial charge in [-0.2, -0.15) is 0 Å². The van der Waals surface area contributed by atoms with Gasteiger partial charge in [0.2, 0.25) is 0 Å². The summed E-state index contributed by atoms with van der Waals surface area (Å²) in [5.41, 5.74) is 9.15. The molecule has 0 amide bonds. The first kappa shape index (κ1) is 13.9. The monoisotopic (exact) mass is 272 g/mol. The van der Waals surface area contributed by atoms with Crippen LogP contribution in [0.1, 0.15) is 63.5 Å². The van der Waals surface area contributed by atoms with Gasteiger partial charge in [-0.25, -0.2) is 0 Å². The van der Waals surface area contributed by atoms with E-state index in [1.807, 2.05) is 0 Å². The van der Waals surface area contributed by atoms with Crippen LogP contribution < -0.4 is 10.6 Å². The summed E-state index contributed by atoms with van der Waals surface area (Å²) in [5, 5.41) is 0. The molecular weight excluding hydrogens is 244 g/mol. The van der Waals surface area contributed by atoms with E-state index in [-0.39, 0.29) is 6.04 Å². The second-order valence-electron chi connectivity index (χ2n) is 6.60. The van der Waals surface area contributed by atoms with E-state index in [1.54, 1.807) is 0 Å². The van der Waals surface area contributed by atoms with Crippen LogP contribution in [-0.4, -0.2) is 12.6 Å². The Morgan fingerprint density at radius 3 is 2.85 bits per heavy atom. The van der Waals surface area contributed by atoms with Gasteiger partial charge in [-0.05, 0) is 43.2 Å². The lowest BCUT2D eigenvalue weighted by molar-refractivity contribution is 0.303. The van der Waals surface area contributed by atoms with Crippen LogP contribution in [0.2, 0.25) is 0 Å². The van der Waals surface area contributed by atoms with Crippen LogP contribution in [0.4, 0.5) is 5.69 Å². The number of rotatable bonds is 2. The highest BCUT2D eigenvalue weighted by Crippen LogP contribution is 2.37. The van der Waals surface area contributed by atoms with Crippen molar-refractivity contribution in [3.63, 3.8) is 0 Å². The number of fused-ring (bicyclic) bond motifs is 1. The number of anilines is 1. The van der Waals surface area contributed by atoms with Crippen LogP contribution in [-0.2, 0) is 0 Å². The van der Waals surface area contributed by atoms with E-state index in [0.717, 1.165) is 18.4 Å². The number of benzene rings is 1. The van der Waals surface area contributed by atoms with E-state index in [9.17, 15) is 0 Å². The zero-order chi connectivity index (χ0) is 13.9. The van der Waals surface area contributed by atoms with E-state index in [0.29, 0.717) is 0 Å². The Labute approximate surface area is 123 Å². The second-order valence-corrected chi connectivity index (χ2v) is 6.60. The van der Waals surface area contributed by atoms with E-state index >= 15 is 0 Å². The third kappa shape index (κ3) is 2.71. The van der Waals surface area contributed by atoms with Crippen molar-refractivity contribution in [2.45, 2.75) is 64.0 Å². The Morgan fingerprint density at radius 2 is 2.00 bits per heavy atom. The number of nitrogens with two attached hydrogens (primary N) is 1. The molecule has 1 aromatic carbocycles. The van der Waals surface area contributed by atoms with E-state index < -0.39 is 0 Å². The third-order valence-electron chi connectivity index (χ3n) is 5.33. The molecule has 3 atom stereocenters. The molecule has 1 aliphatic heterocycles. The summed E-state index contributed by atoms with van der Waals surface area (Å²) in [4.78, 5) is 2.68. The van der Waals surface area contributed by atoms with Gasteiger partial charge in [-0.3, -0.25) is 0 Å². The molecule has 3 unspecified atom stereocenters. The summed E-state index contributed by atoms with van der Waals surface area (Å²) in [5.74, 6) is 0.929. The van der Waals surface area contributed by atoms with Crippen molar-refractivity contribution in [1.29, 1.82) is 0 Å². The van der Waals surface area contributed by atoms with Gasteiger partial charge < -0.3 is 10.6 Å². The molecular formula is C18H28N2. The second kappa shape index (κ2) is 6.17. The minimum atomic E-state index is 0.224. The van der Waals surface area contributed by atoms with Gasteiger partial charge in [0.05, 0.1) is 0 Å². The normalized spacial score (nSPS) is 30.7. The number of para-hydroxylation sites is 1. The summed E-state index contributed by atoms with van der Waals surface area (Å²) in [6, 6.07) is 9.79. The molecule has 1 aliphatic carbocycles. The number of nitrogens with zero attached hydrogens (tertiary/aromatic N) is 1. The molecule has 1 heterocycles. The number of hydrogen-bond acceptors (Lipinski definition) is 2. The Hall–Kier alpha value is -1.02. The van der Waals surface area contributed by atoms with Crippen molar-refractivity contribution in [2.75, 3.05) is 11.4 Å². The van der Waals surface area contributed by atoms with Gasteiger partial charge in [-0.15, -0.1) is 0 Å². The quantitative estimate of drug-likeness (QED) is 0.872. The Balaban J connectivity index is 1.87. The lowest BCUT2D eigenvalue weighted by Crippen LogP contribution is -2.39. The predicted octanol–water partition coefficient (Wildman–Crippen LogP) is 4.26. The molecule has 0 bridgehead atoms. The Kier molecular flexibility index (Phi) is 4.30. The standard InChI is InChI=1S/C18H28N2/c1-2-14-7-5-8-15(13-14)20-12-6-10-17(19)16-9-3-4-11-18(16)20/h3-4,9,11,14-15,17H,2,5-8,10,12-13,19H2,1H3. The maximum Gasteiger partial charge on any atom is 0.0417 e. The van der Waals surface area contributed by atoms with Gasteiger partial charge in [0.1, 0.15) is 0 Å². The molecule has 2 heteroatoms. The summed E-state index contributed by atoms with van der Waals surface area (Å²) in [6.45, 7) is 3.53. The predicted molar refractivity (Wildman–Crippen MR) is 86.0 cm³/mol. The van der Waals surface area contributed by atoms with Gasteiger partial charge in [0.15, 0.2) is 0 Å². The molecule has 0 spiro atoms. The van der Waals surface area contributed by atoms with E-state index in [1.165, 1.54) is 56.3 Å². The maximum atomic E-state index is 6.36. The SMILES string of the molecule is CCC1CCCC(N2CCCC(N)c3ccccc32)C1. The fraction of sp³-hybridized carbons (Fsp3) is 0.667. The molecule has 2 aliphatic rings. The van der Waals surface area contributed by atoms with E-state index in [4.69, 9.17) is 5.73 Å². The van der Waals surface area contributed by atoms with Crippen LogP contribution in [0.25, 0.3) is 0 Å². The average molecular weight is 272 g/mol. The molecule has 0 saturated heterocycles. The summed E-state index contributed by atoms with van der Waals surface area (Å²) in [6.07, 6.45) is 9.25. The van der Waals surface area contributed by atoms with Crippen molar-refractivity contribution in [2.24, 2.45) is 11.7 Å². The molecule has 110 valence electrons. The van der Waals surface area contributed by atoms with Crippen LogP contribution in [0, 0.1) is 5.92 Å². The summed E-state index contributed by atoms with van der Waals surface area (Å²) >= 11 is 0. The van der Waals surface area contributed by atoms with Crippen LogP contribution in [0.3, 0.4) is 0 Å². The average Bonchev–Trinajstić information content (AvgIpc) is 2.67. The first-order chi connectivity index (χ1) is 9.79. The minimum Gasteiger partial charge on any atom is -0.368 e. The minimum absolute atomic E-state index is 0.224. The van der Waals surface area contributed by atoms with Gasteiger partial charge in [-0.1, -0.05) is 44.4 Å². The largest absolute Gasteiger partial charge is 0.368 e. The van der Waals surface area contributed by atoms with Crippen molar-refractivity contribution >= 4 is 5.69 Å².